The number of halogens is 1. The van der Waals surface area contributed by atoms with Crippen LogP contribution in [0.1, 0.15) is 5.56 Å². The molecule has 0 fully saturated rings. The van der Waals surface area contributed by atoms with E-state index < -0.39 is 0 Å². The monoisotopic (exact) mass is 417 g/mol. The number of rotatable bonds is 2. The number of benzene rings is 3. The van der Waals surface area contributed by atoms with Gasteiger partial charge >= 0.3 is 0 Å². The van der Waals surface area contributed by atoms with Crippen LogP contribution in [0.3, 0.4) is 0 Å². The van der Waals surface area contributed by atoms with E-state index in [2.05, 4.69) is 31.2 Å². The predicted octanol–water partition coefficient (Wildman–Crippen LogP) is 5.33. The van der Waals surface area contributed by atoms with Crippen molar-refractivity contribution in [2.75, 3.05) is 5.32 Å². The van der Waals surface area contributed by atoms with Gasteiger partial charge in [-0.25, -0.2) is 9.98 Å². The summed E-state index contributed by atoms with van der Waals surface area (Å²) in [5.74, 6) is 0.344. The number of nitrogens with zero attached hydrogens (tertiary/aromatic N) is 2. The van der Waals surface area contributed by atoms with Gasteiger partial charge in [-0.05, 0) is 48.5 Å². The molecule has 0 radical (unpaired) electrons. The smallest absolute Gasteiger partial charge is 0.275 e. The van der Waals surface area contributed by atoms with E-state index in [0.717, 1.165) is 21.3 Å². The summed E-state index contributed by atoms with van der Waals surface area (Å²) in [6, 6.07) is 20.8. The van der Waals surface area contributed by atoms with Crippen LogP contribution >= 0.6 is 15.9 Å². The average Bonchev–Trinajstić information content (AvgIpc) is 3.24. The number of carbonyl (C=O) groups excluding carboxylic acids is 1. The van der Waals surface area contributed by atoms with Gasteiger partial charge in [0.25, 0.3) is 5.91 Å². The van der Waals surface area contributed by atoms with E-state index in [0.29, 0.717) is 28.4 Å². The van der Waals surface area contributed by atoms with Gasteiger partial charge in [0.05, 0.1) is 11.4 Å². The van der Waals surface area contributed by atoms with E-state index in [4.69, 9.17) is 4.42 Å². The van der Waals surface area contributed by atoms with Crippen molar-refractivity contribution in [2.24, 2.45) is 4.99 Å². The van der Waals surface area contributed by atoms with Crippen molar-refractivity contribution in [3.8, 4) is 11.5 Å². The maximum absolute atomic E-state index is 12.3. The molecule has 27 heavy (non-hydrogen) atoms. The number of hydrogen-bond acceptors (Lipinski definition) is 4. The summed E-state index contributed by atoms with van der Waals surface area (Å²) in [5.41, 5.74) is 4.86. The Bertz CT molecular complexity index is 1230. The standard InChI is InChI=1S/C21H12BrN3O2/c22-13-6-8-16-15(10-13)19(20(26)24-16)23-14-7-9-18-17(11-14)25-21(27-18)12-4-2-1-3-5-12/h1-11H,(H,23,24,26). The van der Waals surface area contributed by atoms with Crippen molar-refractivity contribution in [3.63, 3.8) is 0 Å². The molecule has 1 aromatic heterocycles. The van der Waals surface area contributed by atoms with Gasteiger partial charge in [0.2, 0.25) is 5.89 Å². The van der Waals surface area contributed by atoms with Crippen molar-refractivity contribution in [2.45, 2.75) is 0 Å². The molecule has 1 aliphatic rings. The van der Waals surface area contributed by atoms with E-state index in [9.17, 15) is 4.79 Å². The largest absolute Gasteiger partial charge is 0.436 e. The molecule has 4 aromatic rings. The second-order valence-corrected chi connectivity index (χ2v) is 7.06. The second-order valence-electron chi connectivity index (χ2n) is 6.14. The summed E-state index contributed by atoms with van der Waals surface area (Å²) in [7, 11) is 0. The zero-order chi connectivity index (χ0) is 18.4. The molecule has 0 saturated carbocycles. The molecule has 5 nitrogen and oxygen atoms in total. The normalized spacial score (nSPS) is 14.6. The molecule has 6 heteroatoms. The van der Waals surface area contributed by atoms with Crippen LogP contribution in [0.4, 0.5) is 11.4 Å². The highest BCUT2D eigenvalue weighted by Gasteiger charge is 2.26. The topological polar surface area (TPSA) is 67.5 Å². The van der Waals surface area contributed by atoms with Crippen LogP contribution < -0.4 is 5.32 Å². The Morgan fingerprint density at radius 3 is 2.70 bits per heavy atom. The first-order valence-corrected chi connectivity index (χ1v) is 9.13. The summed E-state index contributed by atoms with van der Waals surface area (Å²) >= 11 is 3.44. The van der Waals surface area contributed by atoms with Crippen LogP contribution in [-0.4, -0.2) is 16.6 Å². The van der Waals surface area contributed by atoms with E-state index >= 15 is 0 Å². The number of aliphatic imine (C=N–C) groups is 1. The second kappa shape index (κ2) is 6.17. The number of aromatic nitrogens is 1. The molecule has 5 rings (SSSR count). The lowest BCUT2D eigenvalue weighted by Crippen LogP contribution is -2.13. The third-order valence-electron chi connectivity index (χ3n) is 4.33. The Kier molecular flexibility index (Phi) is 3.65. The van der Waals surface area contributed by atoms with E-state index in [-0.39, 0.29) is 5.91 Å². The number of fused-ring (bicyclic) bond motifs is 2. The van der Waals surface area contributed by atoms with Crippen molar-refractivity contribution in [1.29, 1.82) is 0 Å². The Balaban J connectivity index is 1.58. The summed E-state index contributed by atoms with van der Waals surface area (Å²) in [6.07, 6.45) is 0. The molecule has 3 aromatic carbocycles. The zero-order valence-electron chi connectivity index (χ0n) is 13.9. The Morgan fingerprint density at radius 1 is 1.00 bits per heavy atom. The number of anilines is 1. The lowest BCUT2D eigenvalue weighted by molar-refractivity contribution is -0.110. The predicted molar refractivity (Wildman–Crippen MR) is 108 cm³/mol. The Labute approximate surface area is 162 Å². The average molecular weight is 418 g/mol. The Morgan fingerprint density at radius 2 is 1.85 bits per heavy atom. The van der Waals surface area contributed by atoms with Gasteiger partial charge < -0.3 is 9.73 Å². The number of carbonyl (C=O) groups is 1. The fourth-order valence-electron chi connectivity index (χ4n) is 3.05. The van der Waals surface area contributed by atoms with Gasteiger partial charge in [-0.15, -0.1) is 0 Å². The van der Waals surface area contributed by atoms with Gasteiger partial charge in [-0.2, -0.15) is 0 Å². The Hall–Kier alpha value is -3.25. The van der Waals surface area contributed by atoms with Crippen molar-refractivity contribution in [3.05, 3.63) is 76.8 Å². The van der Waals surface area contributed by atoms with Gasteiger partial charge in [0.15, 0.2) is 5.58 Å². The van der Waals surface area contributed by atoms with E-state index in [1.807, 2.05) is 66.7 Å². The number of amides is 1. The minimum Gasteiger partial charge on any atom is -0.436 e. The molecule has 0 saturated heterocycles. The van der Waals surface area contributed by atoms with Crippen molar-refractivity contribution in [1.82, 2.24) is 4.98 Å². The molecule has 1 N–H and O–H groups in total. The minimum atomic E-state index is -0.215. The third-order valence-corrected chi connectivity index (χ3v) is 4.83. The maximum Gasteiger partial charge on any atom is 0.275 e. The van der Waals surface area contributed by atoms with Gasteiger partial charge in [-0.3, -0.25) is 4.79 Å². The molecule has 1 amide bonds. The fraction of sp³-hybridized carbons (Fsp3) is 0. The van der Waals surface area contributed by atoms with E-state index in [1.165, 1.54) is 0 Å². The van der Waals surface area contributed by atoms with Crippen LogP contribution in [0.15, 0.2) is 80.6 Å². The minimum absolute atomic E-state index is 0.215. The first-order chi connectivity index (χ1) is 13.2. The molecule has 0 spiro atoms. The first-order valence-electron chi connectivity index (χ1n) is 8.33. The summed E-state index contributed by atoms with van der Waals surface area (Å²) in [5, 5.41) is 2.83. The molecule has 1 aliphatic heterocycles. The number of oxazole rings is 1. The molecule has 2 heterocycles. The molecular formula is C21H12BrN3O2. The van der Waals surface area contributed by atoms with E-state index in [1.54, 1.807) is 0 Å². The summed E-state index contributed by atoms with van der Waals surface area (Å²) in [4.78, 5) is 21.4. The quantitative estimate of drug-likeness (QED) is 0.479. The molecule has 0 unspecified atom stereocenters. The molecule has 0 atom stereocenters. The lowest BCUT2D eigenvalue weighted by atomic mass is 10.1. The summed E-state index contributed by atoms with van der Waals surface area (Å²) < 4.78 is 6.72. The first kappa shape index (κ1) is 16.0. The van der Waals surface area contributed by atoms with Crippen LogP contribution in [0.5, 0.6) is 0 Å². The van der Waals surface area contributed by atoms with Gasteiger partial charge in [0.1, 0.15) is 11.2 Å². The van der Waals surface area contributed by atoms with Crippen LogP contribution in [0, 0.1) is 0 Å². The molecular weight excluding hydrogens is 406 g/mol. The highest BCUT2D eigenvalue weighted by atomic mass is 79.9. The highest BCUT2D eigenvalue weighted by molar-refractivity contribution is 9.10. The van der Waals surface area contributed by atoms with Crippen molar-refractivity contribution < 1.29 is 9.21 Å². The van der Waals surface area contributed by atoms with Crippen LogP contribution in [0.25, 0.3) is 22.6 Å². The van der Waals surface area contributed by atoms with Crippen molar-refractivity contribution >= 4 is 50.0 Å². The SMILES string of the molecule is O=C1Nc2ccc(Br)cc2C1=Nc1ccc2oc(-c3ccccc3)nc2c1. The molecule has 0 bridgehead atoms. The fourth-order valence-corrected chi connectivity index (χ4v) is 3.42. The van der Waals surface area contributed by atoms with Crippen LogP contribution in [-0.2, 0) is 4.79 Å². The third kappa shape index (κ3) is 2.84. The highest BCUT2D eigenvalue weighted by Crippen LogP contribution is 2.30. The van der Waals surface area contributed by atoms with Crippen LogP contribution in [0.2, 0.25) is 0 Å². The molecule has 130 valence electrons. The van der Waals surface area contributed by atoms with Gasteiger partial charge in [0, 0.05) is 15.6 Å². The van der Waals surface area contributed by atoms with Gasteiger partial charge in [-0.1, -0.05) is 34.1 Å². The molecule has 0 aliphatic carbocycles. The zero-order valence-corrected chi connectivity index (χ0v) is 15.5. The number of hydrogen-bond donors (Lipinski definition) is 1. The maximum atomic E-state index is 12.3. The number of nitrogens with one attached hydrogen (secondary N) is 1. The lowest BCUT2D eigenvalue weighted by Gasteiger charge is -1.99. The summed E-state index contributed by atoms with van der Waals surface area (Å²) in [6.45, 7) is 0.